The molecule has 0 fully saturated rings. The summed E-state index contributed by atoms with van der Waals surface area (Å²) in [6, 6.07) is 31.9. The third-order valence-electron chi connectivity index (χ3n) is 6.06. The van der Waals surface area contributed by atoms with Crippen LogP contribution in [0.1, 0.15) is 23.1 Å². The molecule has 0 saturated heterocycles. The molecule has 1 N–H and O–H groups in total. The summed E-state index contributed by atoms with van der Waals surface area (Å²) in [5.41, 5.74) is 7.14. The van der Waals surface area contributed by atoms with Crippen LogP contribution in [0.25, 0.3) is 33.2 Å². The number of fused-ring (bicyclic) bond motifs is 3. The Morgan fingerprint density at radius 2 is 1.39 bits per heavy atom. The molecule has 2 heterocycles. The van der Waals surface area contributed by atoms with Gasteiger partial charge in [0, 0.05) is 10.8 Å². The van der Waals surface area contributed by atoms with Crippen molar-refractivity contribution >= 4 is 38.9 Å². The van der Waals surface area contributed by atoms with Crippen molar-refractivity contribution in [2.24, 2.45) is 4.99 Å². The average Bonchev–Trinajstić information content (AvgIpc) is 3.09. The van der Waals surface area contributed by atoms with E-state index in [1.807, 2.05) is 66.7 Å². The monoisotopic (exact) mass is 427 g/mol. The van der Waals surface area contributed by atoms with E-state index in [0.29, 0.717) is 5.56 Å². The van der Waals surface area contributed by atoms with Gasteiger partial charge in [-0.25, -0.2) is 4.99 Å². The molecule has 3 heteroatoms. The minimum atomic E-state index is 0.186. The largest absolute Gasteiger partial charge is 0.507 e. The minimum Gasteiger partial charge on any atom is -0.507 e. The number of nitrogens with zero attached hydrogens (tertiary/aromatic N) is 1. The van der Waals surface area contributed by atoms with Crippen molar-refractivity contribution in [2.75, 3.05) is 0 Å². The van der Waals surface area contributed by atoms with Crippen LogP contribution < -0.4 is 0 Å². The van der Waals surface area contributed by atoms with E-state index < -0.39 is 0 Å². The van der Waals surface area contributed by atoms with Crippen LogP contribution in [0, 0.1) is 0 Å². The van der Waals surface area contributed by atoms with Crippen molar-refractivity contribution in [2.45, 2.75) is 6.42 Å². The molecule has 0 amide bonds. The van der Waals surface area contributed by atoms with Gasteiger partial charge in [-0.15, -0.1) is 0 Å². The fraction of sp³-hybridized carbons (Fsp3) is 0.0333. The first-order chi connectivity index (χ1) is 16.3. The van der Waals surface area contributed by atoms with E-state index >= 15 is 0 Å². The molecule has 1 aromatic heterocycles. The number of para-hydroxylation sites is 1. The Labute approximate surface area is 191 Å². The van der Waals surface area contributed by atoms with E-state index in [1.54, 1.807) is 6.07 Å². The maximum Gasteiger partial charge on any atom is 0.136 e. The van der Waals surface area contributed by atoms with E-state index in [4.69, 9.17) is 9.41 Å². The summed E-state index contributed by atoms with van der Waals surface area (Å²) in [5, 5.41) is 12.9. The summed E-state index contributed by atoms with van der Waals surface area (Å²) < 4.78 is 6.09. The van der Waals surface area contributed by atoms with Gasteiger partial charge in [0.1, 0.15) is 16.9 Å². The normalized spacial score (nSPS) is 14.0. The molecule has 0 aliphatic carbocycles. The Bertz CT molecular complexity index is 1570. The molecular formula is C30H21NO2. The molecule has 4 aromatic carbocycles. The second kappa shape index (κ2) is 7.95. The molecule has 0 radical (unpaired) electrons. The van der Waals surface area contributed by atoms with Crippen molar-refractivity contribution in [3.63, 3.8) is 0 Å². The van der Waals surface area contributed by atoms with Crippen LogP contribution in [0.4, 0.5) is 0 Å². The summed E-state index contributed by atoms with van der Waals surface area (Å²) in [5.74, 6) is 0.186. The SMILES string of the molecule is Oc1ccc2oc3ccccc3c2c1C1=NC(c2ccccc2)=CCC(c2ccccc2)=C1. The highest BCUT2D eigenvalue weighted by molar-refractivity contribution is 6.26. The van der Waals surface area contributed by atoms with Gasteiger partial charge in [0.15, 0.2) is 0 Å². The molecule has 0 atom stereocenters. The lowest BCUT2D eigenvalue weighted by atomic mass is 9.96. The number of phenolic OH excluding ortho intramolecular Hbond substituents is 1. The first-order valence-corrected chi connectivity index (χ1v) is 11.0. The predicted octanol–water partition coefficient (Wildman–Crippen LogP) is 7.61. The predicted molar refractivity (Wildman–Crippen MR) is 135 cm³/mol. The van der Waals surface area contributed by atoms with Gasteiger partial charge in [0.05, 0.1) is 17.0 Å². The number of hydrogen-bond donors (Lipinski definition) is 1. The molecule has 0 saturated carbocycles. The molecule has 0 spiro atoms. The zero-order valence-corrected chi connectivity index (χ0v) is 17.9. The van der Waals surface area contributed by atoms with E-state index in [-0.39, 0.29) is 5.75 Å². The Kier molecular flexibility index (Phi) is 4.66. The van der Waals surface area contributed by atoms with Crippen LogP contribution >= 0.6 is 0 Å². The molecule has 1 aliphatic rings. The number of aromatic hydroxyl groups is 1. The van der Waals surface area contributed by atoms with Crippen molar-refractivity contribution in [1.29, 1.82) is 0 Å². The van der Waals surface area contributed by atoms with E-state index in [1.165, 1.54) is 0 Å². The molecule has 0 unspecified atom stereocenters. The van der Waals surface area contributed by atoms with Crippen LogP contribution in [0.3, 0.4) is 0 Å². The van der Waals surface area contributed by atoms with Crippen LogP contribution in [-0.4, -0.2) is 10.8 Å². The number of hydrogen-bond acceptors (Lipinski definition) is 3. The second-order valence-electron chi connectivity index (χ2n) is 8.12. The Balaban J connectivity index is 1.64. The van der Waals surface area contributed by atoms with Gasteiger partial charge in [-0.3, -0.25) is 0 Å². The fourth-order valence-electron chi connectivity index (χ4n) is 4.48. The van der Waals surface area contributed by atoms with Crippen LogP contribution in [-0.2, 0) is 0 Å². The summed E-state index contributed by atoms with van der Waals surface area (Å²) in [4.78, 5) is 5.09. The summed E-state index contributed by atoms with van der Waals surface area (Å²) in [7, 11) is 0. The van der Waals surface area contributed by atoms with Gasteiger partial charge < -0.3 is 9.52 Å². The van der Waals surface area contributed by atoms with Crippen molar-refractivity contribution in [3.8, 4) is 5.75 Å². The van der Waals surface area contributed by atoms with Gasteiger partial charge in [-0.1, -0.05) is 84.9 Å². The van der Waals surface area contributed by atoms with E-state index in [0.717, 1.165) is 56.5 Å². The lowest BCUT2D eigenvalue weighted by molar-refractivity contribution is 0.475. The molecule has 5 aromatic rings. The molecular weight excluding hydrogens is 406 g/mol. The molecule has 6 rings (SSSR count). The van der Waals surface area contributed by atoms with Gasteiger partial charge in [0.2, 0.25) is 0 Å². The summed E-state index contributed by atoms with van der Waals surface area (Å²) >= 11 is 0. The summed E-state index contributed by atoms with van der Waals surface area (Å²) in [6.45, 7) is 0. The number of furan rings is 1. The van der Waals surface area contributed by atoms with E-state index in [9.17, 15) is 5.11 Å². The van der Waals surface area contributed by atoms with Crippen LogP contribution in [0.15, 0.2) is 119 Å². The Hall–Kier alpha value is -4.37. The van der Waals surface area contributed by atoms with Gasteiger partial charge in [-0.05, 0) is 47.4 Å². The fourth-order valence-corrected chi connectivity index (χ4v) is 4.48. The highest BCUT2D eigenvalue weighted by atomic mass is 16.3. The highest BCUT2D eigenvalue weighted by Crippen LogP contribution is 2.38. The number of benzene rings is 4. The molecule has 33 heavy (non-hydrogen) atoms. The first-order valence-electron chi connectivity index (χ1n) is 11.0. The van der Waals surface area contributed by atoms with Gasteiger partial charge >= 0.3 is 0 Å². The molecule has 1 aliphatic heterocycles. The van der Waals surface area contributed by atoms with Crippen molar-refractivity contribution < 1.29 is 9.52 Å². The zero-order chi connectivity index (χ0) is 22.2. The maximum atomic E-state index is 11.1. The van der Waals surface area contributed by atoms with Gasteiger partial charge in [-0.2, -0.15) is 0 Å². The lowest BCUT2D eigenvalue weighted by Gasteiger charge is -2.09. The molecule has 3 nitrogen and oxygen atoms in total. The smallest absolute Gasteiger partial charge is 0.136 e. The van der Waals surface area contributed by atoms with Crippen molar-refractivity contribution in [3.05, 3.63) is 126 Å². The topological polar surface area (TPSA) is 45.7 Å². The van der Waals surface area contributed by atoms with Crippen LogP contribution in [0.2, 0.25) is 0 Å². The number of phenols is 1. The van der Waals surface area contributed by atoms with Gasteiger partial charge in [0.25, 0.3) is 0 Å². The number of aliphatic imine (C=N–C) groups is 1. The minimum absolute atomic E-state index is 0.186. The third-order valence-corrected chi connectivity index (χ3v) is 6.06. The summed E-state index contributed by atoms with van der Waals surface area (Å²) in [6.07, 6.45) is 4.99. The zero-order valence-electron chi connectivity index (χ0n) is 17.9. The quantitative estimate of drug-likeness (QED) is 0.322. The van der Waals surface area contributed by atoms with Crippen molar-refractivity contribution in [1.82, 2.24) is 0 Å². The molecule has 158 valence electrons. The third kappa shape index (κ3) is 3.44. The number of allylic oxidation sites excluding steroid dienone is 3. The number of rotatable bonds is 3. The maximum absolute atomic E-state index is 11.1. The highest BCUT2D eigenvalue weighted by Gasteiger charge is 2.20. The first kappa shape index (κ1) is 19.3. The average molecular weight is 428 g/mol. The second-order valence-corrected chi connectivity index (χ2v) is 8.12. The van der Waals surface area contributed by atoms with E-state index in [2.05, 4.69) is 36.4 Å². The lowest BCUT2D eigenvalue weighted by Crippen LogP contribution is -2.00. The van der Waals surface area contributed by atoms with Crippen LogP contribution in [0.5, 0.6) is 5.75 Å². The Morgan fingerprint density at radius 1 is 0.697 bits per heavy atom. The standard InChI is InChI=1S/C30H21NO2/c32-26-17-18-28-29(23-13-7-8-14-27(23)33-28)30(26)25-19-22(20-9-3-1-4-10-20)15-16-24(31-25)21-11-5-2-6-12-21/h1-14,16-19,32H,15H2. The molecule has 0 bridgehead atoms. The Morgan fingerprint density at radius 3 is 2.18 bits per heavy atom.